The summed E-state index contributed by atoms with van der Waals surface area (Å²) < 4.78 is 11.3. The van der Waals surface area contributed by atoms with Gasteiger partial charge in [-0.25, -0.2) is 0 Å². The van der Waals surface area contributed by atoms with Crippen LogP contribution in [-0.2, 0) is 11.4 Å². The monoisotopic (exact) mass is 466 g/mol. The Kier molecular flexibility index (Phi) is 8.15. The molecule has 162 valence electrons. The van der Waals surface area contributed by atoms with Gasteiger partial charge in [0.15, 0.2) is 0 Å². The first kappa shape index (κ1) is 23.2. The van der Waals surface area contributed by atoms with E-state index in [0.717, 1.165) is 5.56 Å². The number of benzene rings is 3. The van der Waals surface area contributed by atoms with E-state index in [9.17, 15) is 10.1 Å². The number of nitriles is 1. The first-order chi connectivity index (χ1) is 15.5. The summed E-state index contributed by atoms with van der Waals surface area (Å²) in [6.07, 6.45) is 1.45. The lowest BCUT2D eigenvalue weighted by molar-refractivity contribution is -0.112. The van der Waals surface area contributed by atoms with E-state index < -0.39 is 5.91 Å². The van der Waals surface area contributed by atoms with Gasteiger partial charge in [0.05, 0.1) is 6.61 Å². The van der Waals surface area contributed by atoms with Crippen LogP contribution in [0.5, 0.6) is 11.5 Å². The third-order valence-electron chi connectivity index (χ3n) is 4.37. The second kappa shape index (κ2) is 11.2. The highest BCUT2D eigenvalue weighted by molar-refractivity contribution is 6.31. The van der Waals surface area contributed by atoms with E-state index in [1.54, 1.807) is 54.6 Å². The second-order valence-corrected chi connectivity index (χ2v) is 7.55. The van der Waals surface area contributed by atoms with Crippen LogP contribution in [0.1, 0.15) is 18.1 Å². The predicted molar refractivity (Wildman–Crippen MR) is 127 cm³/mol. The molecule has 0 fully saturated rings. The third kappa shape index (κ3) is 6.52. The first-order valence-corrected chi connectivity index (χ1v) is 10.6. The lowest BCUT2D eigenvalue weighted by Crippen LogP contribution is -2.13. The Bertz CT molecular complexity index is 1150. The van der Waals surface area contributed by atoms with E-state index >= 15 is 0 Å². The molecule has 0 aliphatic heterocycles. The summed E-state index contributed by atoms with van der Waals surface area (Å²) in [7, 11) is 0. The van der Waals surface area contributed by atoms with E-state index in [4.69, 9.17) is 32.7 Å². The zero-order valence-electron chi connectivity index (χ0n) is 17.3. The molecule has 3 aromatic rings. The van der Waals surface area contributed by atoms with E-state index in [1.807, 2.05) is 25.1 Å². The van der Waals surface area contributed by atoms with Gasteiger partial charge in [-0.15, -0.1) is 0 Å². The van der Waals surface area contributed by atoms with Gasteiger partial charge in [0.2, 0.25) is 0 Å². The van der Waals surface area contributed by atoms with Gasteiger partial charge in [0.25, 0.3) is 5.91 Å². The molecule has 1 amide bonds. The number of nitrogens with one attached hydrogen (secondary N) is 1. The smallest absolute Gasteiger partial charge is 0.266 e. The van der Waals surface area contributed by atoms with Crippen LogP contribution in [0.25, 0.3) is 6.08 Å². The molecule has 32 heavy (non-hydrogen) atoms. The van der Waals surface area contributed by atoms with E-state index in [2.05, 4.69) is 5.32 Å². The molecule has 0 bridgehead atoms. The third-order valence-corrected chi connectivity index (χ3v) is 4.85. The highest BCUT2D eigenvalue weighted by atomic mass is 35.5. The second-order valence-electron chi connectivity index (χ2n) is 6.68. The van der Waals surface area contributed by atoms with Gasteiger partial charge in [0, 0.05) is 21.3 Å². The molecule has 0 saturated heterocycles. The van der Waals surface area contributed by atoms with Crippen molar-refractivity contribution in [1.82, 2.24) is 0 Å². The Labute approximate surface area is 196 Å². The lowest BCUT2D eigenvalue weighted by atomic mass is 10.1. The molecule has 0 atom stereocenters. The predicted octanol–water partition coefficient (Wildman–Crippen LogP) is 6.52. The van der Waals surface area contributed by atoms with E-state index in [1.165, 1.54) is 6.08 Å². The van der Waals surface area contributed by atoms with Crippen LogP contribution < -0.4 is 14.8 Å². The van der Waals surface area contributed by atoms with Gasteiger partial charge in [0.1, 0.15) is 29.7 Å². The zero-order chi connectivity index (χ0) is 22.9. The number of halogens is 2. The molecule has 3 rings (SSSR count). The molecule has 3 aromatic carbocycles. The fraction of sp³-hybridized carbons (Fsp3) is 0.120. The zero-order valence-corrected chi connectivity index (χ0v) is 18.8. The Balaban J connectivity index is 1.77. The van der Waals surface area contributed by atoms with Crippen LogP contribution in [0.2, 0.25) is 10.0 Å². The normalized spacial score (nSPS) is 10.9. The number of carbonyl (C=O) groups excluding carboxylic acids is 1. The van der Waals surface area contributed by atoms with Gasteiger partial charge in [-0.2, -0.15) is 5.26 Å². The maximum atomic E-state index is 12.6. The minimum atomic E-state index is -0.541. The fourth-order valence-corrected chi connectivity index (χ4v) is 3.12. The number of hydrogen-bond acceptors (Lipinski definition) is 4. The molecule has 0 radical (unpaired) electrons. The van der Waals surface area contributed by atoms with E-state index in [-0.39, 0.29) is 5.57 Å². The van der Waals surface area contributed by atoms with Crippen molar-refractivity contribution < 1.29 is 14.3 Å². The summed E-state index contributed by atoms with van der Waals surface area (Å²) in [5, 5.41) is 13.4. The van der Waals surface area contributed by atoms with Crippen molar-refractivity contribution in [3.8, 4) is 17.6 Å². The molecule has 0 aromatic heterocycles. The number of anilines is 1. The summed E-state index contributed by atoms with van der Waals surface area (Å²) in [5.41, 5.74) is 1.90. The summed E-state index contributed by atoms with van der Waals surface area (Å²) >= 11 is 12.0. The first-order valence-electron chi connectivity index (χ1n) is 9.81. The molecular formula is C25H20Cl2N2O3. The van der Waals surface area contributed by atoms with Crippen molar-refractivity contribution >= 4 is 40.9 Å². The van der Waals surface area contributed by atoms with Crippen LogP contribution >= 0.6 is 23.2 Å². The van der Waals surface area contributed by atoms with Crippen molar-refractivity contribution in [1.29, 1.82) is 5.26 Å². The number of rotatable bonds is 8. The Hall–Kier alpha value is -3.46. The lowest BCUT2D eigenvalue weighted by Gasteiger charge is -2.11. The Morgan fingerprint density at radius 1 is 1.00 bits per heavy atom. The maximum absolute atomic E-state index is 12.6. The van der Waals surface area contributed by atoms with Crippen LogP contribution in [0.15, 0.2) is 72.3 Å². The van der Waals surface area contributed by atoms with Gasteiger partial charge in [-0.05, 0) is 73.2 Å². The largest absolute Gasteiger partial charge is 0.494 e. The maximum Gasteiger partial charge on any atom is 0.266 e. The average Bonchev–Trinajstić information content (AvgIpc) is 2.79. The molecule has 0 aliphatic rings. The summed E-state index contributed by atoms with van der Waals surface area (Å²) in [5.74, 6) is 0.647. The number of carbonyl (C=O) groups is 1. The standard InChI is InChI=1S/C25H20Cl2N2O3/c1-2-31-23-10-8-22(9-11-23)29-25(30)19(15-28)13-18-14-21(27)7-12-24(18)32-16-17-3-5-20(26)6-4-17/h3-14H,2,16H2,1H3,(H,29,30)/b19-13+. The molecule has 0 heterocycles. The van der Waals surface area contributed by atoms with Gasteiger partial charge < -0.3 is 14.8 Å². The van der Waals surface area contributed by atoms with Crippen molar-refractivity contribution in [3.63, 3.8) is 0 Å². The van der Waals surface area contributed by atoms with Crippen molar-refractivity contribution in [2.75, 3.05) is 11.9 Å². The highest BCUT2D eigenvalue weighted by Crippen LogP contribution is 2.27. The van der Waals surface area contributed by atoms with Crippen LogP contribution in [-0.4, -0.2) is 12.5 Å². The average molecular weight is 467 g/mol. The topological polar surface area (TPSA) is 71.3 Å². The van der Waals surface area contributed by atoms with Gasteiger partial charge in [-0.3, -0.25) is 4.79 Å². The molecule has 0 saturated carbocycles. The van der Waals surface area contributed by atoms with Crippen molar-refractivity contribution in [2.45, 2.75) is 13.5 Å². The fourth-order valence-electron chi connectivity index (χ4n) is 2.81. The van der Waals surface area contributed by atoms with Crippen LogP contribution in [0, 0.1) is 11.3 Å². The van der Waals surface area contributed by atoms with Crippen LogP contribution in [0.4, 0.5) is 5.69 Å². The minimum Gasteiger partial charge on any atom is -0.494 e. The number of nitrogens with zero attached hydrogens (tertiary/aromatic N) is 1. The molecular weight excluding hydrogens is 447 g/mol. The van der Waals surface area contributed by atoms with E-state index in [0.29, 0.717) is 46.0 Å². The molecule has 0 spiro atoms. The van der Waals surface area contributed by atoms with Crippen molar-refractivity contribution in [3.05, 3.63) is 93.5 Å². The van der Waals surface area contributed by atoms with Gasteiger partial charge >= 0.3 is 0 Å². The molecule has 5 nitrogen and oxygen atoms in total. The van der Waals surface area contributed by atoms with Crippen molar-refractivity contribution in [2.24, 2.45) is 0 Å². The van der Waals surface area contributed by atoms with Crippen LogP contribution in [0.3, 0.4) is 0 Å². The minimum absolute atomic E-state index is 0.0857. The quantitative estimate of drug-likeness (QED) is 0.303. The summed E-state index contributed by atoms with van der Waals surface area (Å²) in [6.45, 7) is 2.73. The summed E-state index contributed by atoms with van der Waals surface area (Å²) in [4.78, 5) is 12.6. The molecule has 7 heteroatoms. The molecule has 1 N–H and O–H groups in total. The highest BCUT2D eigenvalue weighted by Gasteiger charge is 2.12. The molecule has 0 unspecified atom stereocenters. The molecule has 0 aliphatic carbocycles. The SMILES string of the molecule is CCOc1ccc(NC(=O)/C(C#N)=C/c2cc(Cl)ccc2OCc2ccc(Cl)cc2)cc1. The Morgan fingerprint density at radius 3 is 2.34 bits per heavy atom. The number of amides is 1. The number of hydrogen-bond donors (Lipinski definition) is 1. The number of ether oxygens (including phenoxy) is 2. The van der Waals surface area contributed by atoms with Gasteiger partial charge in [-0.1, -0.05) is 35.3 Å². The summed E-state index contributed by atoms with van der Waals surface area (Å²) in [6, 6.07) is 21.1. The Morgan fingerprint density at radius 2 is 1.69 bits per heavy atom.